The number of sulfonamides is 1. The molecule has 0 aliphatic heterocycles. The van der Waals surface area contributed by atoms with Crippen molar-refractivity contribution in [3.05, 3.63) is 90.9 Å². The minimum atomic E-state index is -4.07. The maximum absolute atomic E-state index is 12.0. The van der Waals surface area contributed by atoms with Crippen LogP contribution >= 0.6 is 0 Å². The fourth-order valence-corrected chi connectivity index (χ4v) is 4.42. The van der Waals surface area contributed by atoms with E-state index in [9.17, 15) is 8.42 Å². The molecule has 0 spiro atoms. The number of hydrogen-bond acceptors (Lipinski definition) is 8. The van der Waals surface area contributed by atoms with Crippen LogP contribution in [-0.2, 0) is 16.6 Å². The highest BCUT2D eigenvalue weighted by Gasteiger charge is 2.18. The van der Waals surface area contributed by atoms with E-state index in [-0.39, 0.29) is 16.5 Å². The van der Waals surface area contributed by atoms with Crippen molar-refractivity contribution in [3.63, 3.8) is 0 Å². The number of benzene rings is 2. The molecule has 174 valence electrons. The molecule has 0 saturated carbocycles. The highest BCUT2D eigenvalue weighted by atomic mass is 32.2. The Labute approximate surface area is 202 Å². The van der Waals surface area contributed by atoms with E-state index in [0.29, 0.717) is 23.4 Å². The van der Waals surface area contributed by atoms with Crippen LogP contribution < -0.4 is 16.2 Å². The predicted octanol–water partition coefficient (Wildman–Crippen LogP) is 3.60. The fourth-order valence-electron chi connectivity index (χ4n) is 3.78. The molecule has 9 nitrogen and oxygen atoms in total. The van der Waals surface area contributed by atoms with Gasteiger partial charge < -0.3 is 11.1 Å². The topological polar surface area (TPSA) is 150 Å². The van der Waals surface area contributed by atoms with Gasteiger partial charge in [0, 0.05) is 18.0 Å². The summed E-state index contributed by atoms with van der Waals surface area (Å²) in [6.07, 6.45) is 3.15. The monoisotopic (exact) mass is 483 g/mol. The van der Waals surface area contributed by atoms with Crippen LogP contribution in [0.4, 0.5) is 11.6 Å². The average Bonchev–Trinajstić information content (AvgIpc) is 2.87. The third-order valence-corrected chi connectivity index (χ3v) is 6.36. The number of nitrogens with one attached hydrogen (secondary N) is 1. The Kier molecular flexibility index (Phi) is 5.81. The van der Waals surface area contributed by atoms with Gasteiger partial charge in [-0.15, -0.1) is 0 Å². The highest BCUT2D eigenvalue weighted by Crippen LogP contribution is 2.34. The molecule has 0 radical (unpaired) electrons. The standard InChI is InChI=1S/C25H21N7O2S/c26-23-21(35(27,33)34)13-17(14-29-23)24-31-20-11-6-10-19(16-7-2-1-3-8-16)22(20)25(32-24)30-15-18-9-4-5-12-28-18/h1-14H,15H2,(H2,26,29)(H2,27,33,34)(H,30,31,32). The van der Waals surface area contributed by atoms with Crippen molar-refractivity contribution >= 4 is 32.6 Å². The van der Waals surface area contributed by atoms with E-state index in [4.69, 9.17) is 20.8 Å². The summed E-state index contributed by atoms with van der Waals surface area (Å²) in [5.74, 6) is 0.671. The Morgan fingerprint density at radius 3 is 2.40 bits per heavy atom. The number of anilines is 2. The van der Waals surface area contributed by atoms with Crippen LogP contribution in [0, 0.1) is 0 Å². The lowest BCUT2D eigenvalue weighted by molar-refractivity contribution is 0.598. The summed E-state index contributed by atoms with van der Waals surface area (Å²) in [6.45, 7) is 0.429. The van der Waals surface area contributed by atoms with Gasteiger partial charge >= 0.3 is 0 Å². The van der Waals surface area contributed by atoms with Gasteiger partial charge in [-0.1, -0.05) is 48.5 Å². The number of aromatic nitrogens is 4. The van der Waals surface area contributed by atoms with Gasteiger partial charge in [0.2, 0.25) is 10.0 Å². The maximum Gasteiger partial charge on any atom is 0.241 e. The summed E-state index contributed by atoms with van der Waals surface area (Å²) < 4.78 is 24.0. The van der Waals surface area contributed by atoms with E-state index in [2.05, 4.69) is 15.3 Å². The van der Waals surface area contributed by atoms with Crippen molar-refractivity contribution in [2.24, 2.45) is 5.14 Å². The third-order valence-electron chi connectivity index (χ3n) is 5.42. The Bertz CT molecular complexity index is 1630. The summed E-state index contributed by atoms with van der Waals surface area (Å²) in [6, 6.07) is 22.8. The average molecular weight is 484 g/mol. The molecule has 0 aliphatic carbocycles. The molecule has 5 aromatic rings. The van der Waals surface area contributed by atoms with Gasteiger partial charge in [0.1, 0.15) is 16.5 Å². The first-order chi connectivity index (χ1) is 16.9. The normalized spacial score (nSPS) is 11.5. The number of primary sulfonamides is 1. The van der Waals surface area contributed by atoms with Gasteiger partial charge in [-0.25, -0.2) is 28.5 Å². The largest absolute Gasteiger partial charge is 0.383 e. The molecule has 0 saturated heterocycles. The van der Waals surface area contributed by atoms with E-state index in [0.717, 1.165) is 22.2 Å². The van der Waals surface area contributed by atoms with Crippen LogP contribution in [0.15, 0.2) is 90.1 Å². The number of nitrogens with two attached hydrogens (primary N) is 2. The molecule has 5 N–H and O–H groups in total. The first-order valence-electron chi connectivity index (χ1n) is 10.7. The van der Waals surface area contributed by atoms with Crippen LogP contribution in [0.1, 0.15) is 5.69 Å². The second-order valence-electron chi connectivity index (χ2n) is 7.79. The molecule has 5 rings (SSSR count). The third kappa shape index (κ3) is 4.65. The smallest absolute Gasteiger partial charge is 0.241 e. The van der Waals surface area contributed by atoms with Crippen LogP contribution in [0.3, 0.4) is 0 Å². The predicted molar refractivity (Wildman–Crippen MR) is 136 cm³/mol. The number of hydrogen-bond donors (Lipinski definition) is 3. The number of nitrogens with zero attached hydrogens (tertiary/aromatic N) is 4. The molecule has 3 heterocycles. The van der Waals surface area contributed by atoms with Crippen LogP contribution in [0.25, 0.3) is 33.4 Å². The van der Waals surface area contributed by atoms with E-state index in [1.165, 1.54) is 12.3 Å². The molecule has 0 fully saturated rings. The number of pyridine rings is 2. The van der Waals surface area contributed by atoms with Crippen molar-refractivity contribution in [1.82, 2.24) is 19.9 Å². The lowest BCUT2D eigenvalue weighted by Crippen LogP contribution is -2.15. The number of fused-ring (bicyclic) bond motifs is 1. The highest BCUT2D eigenvalue weighted by molar-refractivity contribution is 7.89. The van der Waals surface area contributed by atoms with Crippen molar-refractivity contribution in [3.8, 4) is 22.5 Å². The number of nitrogen functional groups attached to an aromatic ring is 1. The van der Waals surface area contributed by atoms with Gasteiger partial charge in [-0.2, -0.15) is 0 Å². The van der Waals surface area contributed by atoms with Crippen LogP contribution in [0.2, 0.25) is 0 Å². The zero-order valence-corrected chi connectivity index (χ0v) is 19.3. The van der Waals surface area contributed by atoms with E-state index in [1.807, 2.05) is 66.7 Å². The van der Waals surface area contributed by atoms with E-state index < -0.39 is 10.0 Å². The minimum absolute atomic E-state index is 0.183. The summed E-state index contributed by atoms with van der Waals surface area (Å²) in [7, 11) is -4.07. The fraction of sp³-hybridized carbons (Fsp3) is 0.0400. The van der Waals surface area contributed by atoms with Gasteiger partial charge in [-0.3, -0.25) is 4.98 Å². The molecular formula is C25H21N7O2S. The van der Waals surface area contributed by atoms with Crippen molar-refractivity contribution in [1.29, 1.82) is 0 Å². The first kappa shape index (κ1) is 22.4. The quantitative estimate of drug-likeness (QED) is 0.332. The SMILES string of the molecule is Nc1ncc(-c2nc(NCc3ccccn3)c3c(-c4ccccc4)cccc3n2)cc1S(N)(=O)=O. The Morgan fingerprint density at radius 1 is 0.857 bits per heavy atom. The van der Waals surface area contributed by atoms with Crippen molar-refractivity contribution in [2.75, 3.05) is 11.1 Å². The molecule has 10 heteroatoms. The van der Waals surface area contributed by atoms with Crippen molar-refractivity contribution < 1.29 is 8.42 Å². The second kappa shape index (κ2) is 9.09. The van der Waals surface area contributed by atoms with Gasteiger partial charge in [0.05, 0.1) is 23.1 Å². The van der Waals surface area contributed by atoms with E-state index >= 15 is 0 Å². The second-order valence-corrected chi connectivity index (χ2v) is 9.32. The molecule has 2 aromatic carbocycles. The Balaban J connectivity index is 1.70. The van der Waals surface area contributed by atoms with Crippen LogP contribution in [-0.4, -0.2) is 28.4 Å². The lowest BCUT2D eigenvalue weighted by Gasteiger charge is -2.15. The molecule has 35 heavy (non-hydrogen) atoms. The Morgan fingerprint density at radius 2 is 1.66 bits per heavy atom. The van der Waals surface area contributed by atoms with Gasteiger partial charge in [-0.05, 0) is 35.4 Å². The summed E-state index contributed by atoms with van der Waals surface area (Å²) >= 11 is 0. The zero-order valence-electron chi connectivity index (χ0n) is 18.5. The van der Waals surface area contributed by atoms with E-state index in [1.54, 1.807) is 6.20 Å². The number of rotatable bonds is 6. The molecule has 0 bridgehead atoms. The summed E-state index contributed by atoms with van der Waals surface area (Å²) in [4.78, 5) is 17.6. The first-order valence-corrected chi connectivity index (χ1v) is 12.2. The maximum atomic E-state index is 12.0. The molecule has 3 aromatic heterocycles. The molecule has 0 aliphatic rings. The molecule has 0 unspecified atom stereocenters. The lowest BCUT2D eigenvalue weighted by atomic mass is 10.0. The molecule has 0 amide bonds. The van der Waals surface area contributed by atoms with Gasteiger partial charge in [0.15, 0.2) is 5.82 Å². The van der Waals surface area contributed by atoms with Gasteiger partial charge in [0.25, 0.3) is 0 Å². The zero-order chi connectivity index (χ0) is 24.4. The Hall–Kier alpha value is -4.41. The summed E-state index contributed by atoms with van der Waals surface area (Å²) in [5.41, 5.74) is 9.60. The molecular weight excluding hydrogens is 462 g/mol. The molecule has 0 atom stereocenters. The van der Waals surface area contributed by atoms with Crippen molar-refractivity contribution in [2.45, 2.75) is 11.4 Å². The summed E-state index contributed by atoms with van der Waals surface area (Å²) in [5, 5.41) is 9.52. The van der Waals surface area contributed by atoms with Crippen LogP contribution in [0.5, 0.6) is 0 Å². The minimum Gasteiger partial charge on any atom is -0.383 e.